The fourth-order valence-corrected chi connectivity index (χ4v) is 3.08. The number of rotatable bonds is 3. The summed E-state index contributed by atoms with van der Waals surface area (Å²) in [5.74, 6) is 0.458. The Morgan fingerprint density at radius 3 is 2.59 bits per heavy atom. The maximum Gasteiger partial charge on any atom is 0.255 e. The number of carbonyl (C=O) groups is 1. The molecule has 0 bridgehead atoms. The zero-order chi connectivity index (χ0) is 15.5. The molecule has 0 radical (unpaired) electrons. The molecule has 22 heavy (non-hydrogen) atoms. The summed E-state index contributed by atoms with van der Waals surface area (Å²) in [5.41, 5.74) is 7.41. The van der Waals surface area contributed by atoms with Crippen LogP contribution < -0.4 is 11.3 Å². The average Bonchev–Trinajstić information content (AvgIpc) is 3.00. The summed E-state index contributed by atoms with van der Waals surface area (Å²) in [6, 6.07) is 13.1. The molecule has 2 heterocycles. The van der Waals surface area contributed by atoms with Crippen LogP contribution in [0.4, 0.5) is 0 Å². The smallest absolute Gasteiger partial charge is 0.255 e. The molecule has 2 aromatic rings. The third-order valence-corrected chi connectivity index (χ3v) is 4.29. The van der Waals surface area contributed by atoms with Gasteiger partial charge in [-0.3, -0.25) is 9.59 Å². The molecule has 1 aliphatic rings. The van der Waals surface area contributed by atoms with Crippen LogP contribution in [0.1, 0.15) is 21.8 Å². The molecule has 1 saturated heterocycles. The lowest BCUT2D eigenvalue weighted by atomic mass is 9.89. The van der Waals surface area contributed by atoms with Gasteiger partial charge in [0.05, 0.1) is 5.56 Å². The highest BCUT2D eigenvalue weighted by Crippen LogP contribution is 2.32. The van der Waals surface area contributed by atoms with Gasteiger partial charge in [0.2, 0.25) is 5.56 Å². The molecule has 5 nitrogen and oxygen atoms in total. The molecule has 3 rings (SSSR count). The molecule has 1 aromatic carbocycles. The molecular formula is C17H19N3O2. The van der Waals surface area contributed by atoms with E-state index in [2.05, 4.69) is 17.1 Å². The Hall–Kier alpha value is -2.40. The monoisotopic (exact) mass is 297 g/mol. The standard InChI is InChI=1S/C17H19N3O2/c18-8-14-10-20(11-15(14)12-4-2-1-3-5-12)17(22)13-6-7-16(21)19-9-13/h1-7,9,14-15H,8,10-11,18H2,(H,19,21)/t14-,15+/m1/s1. The molecule has 1 aliphatic heterocycles. The van der Waals surface area contributed by atoms with Gasteiger partial charge in [-0.25, -0.2) is 0 Å². The number of aromatic nitrogens is 1. The Morgan fingerprint density at radius 1 is 1.18 bits per heavy atom. The van der Waals surface area contributed by atoms with E-state index < -0.39 is 0 Å². The Kier molecular flexibility index (Phi) is 4.06. The molecule has 0 aliphatic carbocycles. The number of H-pyrrole nitrogens is 1. The summed E-state index contributed by atoms with van der Waals surface area (Å²) in [4.78, 5) is 28.0. The van der Waals surface area contributed by atoms with Crippen LogP contribution in [-0.4, -0.2) is 35.4 Å². The van der Waals surface area contributed by atoms with Crippen LogP contribution in [0.5, 0.6) is 0 Å². The van der Waals surface area contributed by atoms with Crippen LogP contribution in [0.15, 0.2) is 53.5 Å². The molecule has 1 aromatic heterocycles. The number of aromatic amines is 1. The van der Waals surface area contributed by atoms with Gasteiger partial charge in [0, 0.05) is 31.3 Å². The van der Waals surface area contributed by atoms with E-state index in [1.807, 2.05) is 23.1 Å². The molecule has 0 spiro atoms. The average molecular weight is 297 g/mol. The zero-order valence-electron chi connectivity index (χ0n) is 12.2. The van der Waals surface area contributed by atoms with Gasteiger partial charge in [-0.15, -0.1) is 0 Å². The Bertz CT molecular complexity index is 691. The van der Waals surface area contributed by atoms with Gasteiger partial charge < -0.3 is 15.6 Å². The van der Waals surface area contributed by atoms with Crippen molar-refractivity contribution < 1.29 is 4.79 Å². The van der Waals surface area contributed by atoms with Gasteiger partial charge in [-0.1, -0.05) is 30.3 Å². The topological polar surface area (TPSA) is 79.2 Å². The molecule has 0 saturated carbocycles. The number of carbonyl (C=O) groups excluding carboxylic acids is 1. The second kappa shape index (κ2) is 6.15. The summed E-state index contributed by atoms with van der Waals surface area (Å²) in [6.07, 6.45) is 1.47. The van der Waals surface area contributed by atoms with Gasteiger partial charge in [0.25, 0.3) is 5.91 Å². The molecule has 3 N–H and O–H groups in total. The largest absolute Gasteiger partial charge is 0.338 e. The van der Waals surface area contributed by atoms with E-state index in [-0.39, 0.29) is 23.3 Å². The molecule has 1 fully saturated rings. The van der Waals surface area contributed by atoms with Crippen molar-refractivity contribution in [1.29, 1.82) is 0 Å². The summed E-state index contributed by atoms with van der Waals surface area (Å²) < 4.78 is 0. The van der Waals surface area contributed by atoms with E-state index in [9.17, 15) is 9.59 Å². The van der Waals surface area contributed by atoms with E-state index in [0.717, 1.165) is 0 Å². The lowest BCUT2D eigenvalue weighted by Crippen LogP contribution is -2.30. The zero-order valence-corrected chi connectivity index (χ0v) is 12.2. The molecule has 2 atom stereocenters. The molecule has 1 amide bonds. The highest BCUT2D eigenvalue weighted by Gasteiger charge is 2.35. The maximum atomic E-state index is 12.6. The van der Waals surface area contributed by atoms with E-state index in [1.165, 1.54) is 17.8 Å². The summed E-state index contributed by atoms with van der Waals surface area (Å²) in [6.45, 7) is 1.85. The Balaban J connectivity index is 1.80. The van der Waals surface area contributed by atoms with Gasteiger partial charge in [-0.05, 0) is 24.1 Å². The number of hydrogen-bond acceptors (Lipinski definition) is 3. The van der Waals surface area contributed by atoms with Crippen molar-refractivity contribution in [3.8, 4) is 0 Å². The van der Waals surface area contributed by atoms with Gasteiger partial charge in [-0.2, -0.15) is 0 Å². The predicted molar refractivity (Wildman–Crippen MR) is 84.7 cm³/mol. The lowest BCUT2D eigenvalue weighted by molar-refractivity contribution is 0.0786. The van der Waals surface area contributed by atoms with Crippen molar-refractivity contribution >= 4 is 5.91 Å². The Labute approximate surface area is 128 Å². The molecular weight excluding hydrogens is 278 g/mol. The van der Waals surface area contributed by atoms with E-state index >= 15 is 0 Å². The van der Waals surface area contributed by atoms with Crippen LogP contribution in [0.3, 0.4) is 0 Å². The second-order valence-corrected chi connectivity index (χ2v) is 5.66. The van der Waals surface area contributed by atoms with E-state index in [4.69, 9.17) is 5.73 Å². The SMILES string of the molecule is NC[C@@H]1CN(C(=O)c2ccc(=O)[nH]c2)C[C@H]1c1ccccc1. The minimum Gasteiger partial charge on any atom is -0.338 e. The number of benzene rings is 1. The summed E-state index contributed by atoms with van der Waals surface area (Å²) >= 11 is 0. The minimum absolute atomic E-state index is 0.0619. The molecule has 5 heteroatoms. The van der Waals surface area contributed by atoms with Crippen LogP contribution in [-0.2, 0) is 0 Å². The van der Waals surface area contributed by atoms with Crippen LogP contribution in [0.2, 0.25) is 0 Å². The quantitative estimate of drug-likeness (QED) is 0.893. The first-order chi connectivity index (χ1) is 10.7. The summed E-state index contributed by atoms with van der Waals surface area (Å²) in [5, 5.41) is 0. The number of likely N-dealkylation sites (tertiary alicyclic amines) is 1. The number of nitrogens with two attached hydrogens (primary N) is 1. The number of amides is 1. The van der Waals surface area contributed by atoms with Gasteiger partial charge in [0.1, 0.15) is 0 Å². The van der Waals surface area contributed by atoms with Crippen molar-refractivity contribution in [2.45, 2.75) is 5.92 Å². The van der Waals surface area contributed by atoms with Crippen molar-refractivity contribution in [3.05, 3.63) is 70.1 Å². The van der Waals surface area contributed by atoms with Crippen LogP contribution in [0.25, 0.3) is 0 Å². The molecule has 114 valence electrons. The number of nitrogens with zero attached hydrogens (tertiary/aromatic N) is 1. The van der Waals surface area contributed by atoms with Crippen molar-refractivity contribution in [2.24, 2.45) is 11.7 Å². The maximum absolute atomic E-state index is 12.6. The fourth-order valence-electron chi connectivity index (χ4n) is 3.08. The first-order valence-corrected chi connectivity index (χ1v) is 7.42. The second-order valence-electron chi connectivity index (χ2n) is 5.66. The van der Waals surface area contributed by atoms with Gasteiger partial charge in [0.15, 0.2) is 0 Å². The van der Waals surface area contributed by atoms with E-state index in [0.29, 0.717) is 25.2 Å². The number of pyridine rings is 1. The molecule has 0 unspecified atom stereocenters. The highest BCUT2D eigenvalue weighted by molar-refractivity contribution is 5.94. The number of nitrogens with one attached hydrogen (secondary N) is 1. The predicted octanol–water partition coefficient (Wildman–Crippen LogP) is 1.19. The highest BCUT2D eigenvalue weighted by atomic mass is 16.2. The van der Waals surface area contributed by atoms with Crippen molar-refractivity contribution in [3.63, 3.8) is 0 Å². The van der Waals surface area contributed by atoms with E-state index in [1.54, 1.807) is 6.07 Å². The normalized spacial score (nSPS) is 21.0. The minimum atomic E-state index is -0.208. The Morgan fingerprint density at radius 2 is 1.95 bits per heavy atom. The van der Waals surface area contributed by atoms with Crippen molar-refractivity contribution in [2.75, 3.05) is 19.6 Å². The van der Waals surface area contributed by atoms with Crippen molar-refractivity contribution in [1.82, 2.24) is 9.88 Å². The third-order valence-electron chi connectivity index (χ3n) is 4.29. The first kappa shape index (κ1) is 14.5. The third kappa shape index (κ3) is 2.80. The summed E-state index contributed by atoms with van der Waals surface area (Å²) in [7, 11) is 0. The lowest BCUT2D eigenvalue weighted by Gasteiger charge is -2.16. The van der Waals surface area contributed by atoms with Crippen LogP contribution >= 0.6 is 0 Å². The van der Waals surface area contributed by atoms with Crippen LogP contribution in [0, 0.1) is 5.92 Å². The van der Waals surface area contributed by atoms with Gasteiger partial charge >= 0.3 is 0 Å². The fraction of sp³-hybridized carbons (Fsp3) is 0.294. The first-order valence-electron chi connectivity index (χ1n) is 7.42. The number of hydrogen-bond donors (Lipinski definition) is 2.